The zero-order valence-corrected chi connectivity index (χ0v) is 6.77. The highest BCUT2D eigenvalue weighted by molar-refractivity contribution is 5.19. The van der Waals surface area contributed by atoms with Gasteiger partial charge < -0.3 is 4.42 Å². The summed E-state index contributed by atoms with van der Waals surface area (Å²) >= 11 is 0. The van der Waals surface area contributed by atoms with E-state index >= 15 is 0 Å². The maximum Gasteiger partial charge on any atom is 0.110 e. The molecular formula is C9H13O. The summed E-state index contributed by atoms with van der Waals surface area (Å²) in [5.41, 5.74) is 0. The zero-order chi connectivity index (χ0) is 7.56. The molecule has 0 fully saturated rings. The number of aryl methyl sites for hydroxylation is 1. The van der Waals surface area contributed by atoms with Crippen molar-refractivity contribution < 1.29 is 4.42 Å². The molecule has 0 aliphatic heterocycles. The Balaban J connectivity index is 2.78. The largest absolute Gasteiger partial charge is 0.466 e. The van der Waals surface area contributed by atoms with E-state index in [0.717, 1.165) is 17.9 Å². The lowest BCUT2D eigenvalue weighted by molar-refractivity contribution is 0.483. The van der Waals surface area contributed by atoms with E-state index in [1.165, 1.54) is 5.92 Å². The van der Waals surface area contributed by atoms with Gasteiger partial charge >= 0.3 is 0 Å². The SMILES string of the molecule is CCc1ccc([C](C)C)o1. The van der Waals surface area contributed by atoms with E-state index in [1.807, 2.05) is 12.1 Å². The van der Waals surface area contributed by atoms with E-state index in [4.69, 9.17) is 4.42 Å². The van der Waals surface area contributed by atoms with Gasteiger partial charge in [0, 0.05) is 12.3 Å². The van der Waals surface area contributed by atoms with Crippen molar-refractivity contribution in [3.63, 3.8) is 0 Å². The summed E-state index contributed by atoms with van der Waals surface area (Å²) in [6, 6.07) is 4.05. The zero-order valence-electron chi connectivity index (χ0n) is 6.77. The van der Waals surface area contributed by atoms with Crippen molar-refractivity contribution in [2.75, 3.05) is 0 Å². The molecule has 0 N–H and O–H groups in total. The fourth-order valence-electron chi connectivity index (χ4n) is 0.837. The van der Waals surface area contributed by atoms with Crippen LogP contribution in [0.3, 0.4) is 0 Å². The van der Waals surface area contributed by atoms with Crippen molar-refractivity contribution in [1.82, 2.24) is 0 Å². The van der Waals surface area contributed by atoms with Crippen LogP contribution in [0.2, 0.25) is 0 Å². The van der Waals surface area contributed by atoms with Crippen molar-refractivity contribution >= 4 is 0 Å². The molecule has 1 aromatic heterocycles. The first kappa shape index (κ1) is 7.39. The summed E-state index contributed by atoms with van der Waals surface area (Å²) in [6.45, 7) is 6.20. The fourth-order valence-corrected chi connectivity index (χ4v) is 0.837. The topological polar surface area (TPSA) is 13.1 Å². The minimum absolute atomic E-state index is 0.979. The number of furan rings is 1. The first-order valence-corrected chi connectivity index (χ1v) is 3.63. The molecule has 1 aromatic rings. The lowest BCUT2D eigenvalue weighted by atomic mass is 10.2. The summed E-state index contributed by atoms with van der Waals surface area (Å²) in [7, 11) is 0. The molecule has 0 unspecified atom stereocenters. The third kappa shape index (κ3) is 1.41. The van der Waals surface area contributed by atoms with Gasteiger partial charge in [-0.1, -0.05) is 20.8 Å². The Morgan fingerprint density at radius 1 is 1.40 bits per heavy atom. The Morgan fingerprint density at radius 3 is 2.40 bits per heavy atom. The minimum atomic E-state index is 0.979. The molecule has 0 bridgehead atoms. The molecule has 1 heterocycles. The van der Waals surface area contributed by atoms with Gasteiger partial charge in [0.05, 0.1) is 0 Å². The average Bonchev–Trinajstić information content (AvgIpc) is 2.34. The molecule has 0 amide bonds. The molecular weight excluding hydrogens is 124 g/mol. The van der Waals surface area contributed by atoms with E-state index < -0.39 is 0 Å². The van der Waals surface area contributed by atoms with Gasteiger partial charge in [0.2, 0.25) is 0 Å². The summed E-state index contributed by atoms with van der Waals surface area (Å²) in [4.78, 5) is 0. The van der Waals surface area contributed by atoms with E-state index in [-0.39, 0.29) is 0 Å². The van der Waals surface area contributed by atoms with Crippen LogP contribution < -0.4 is 0 Å². The quantitative estimate of drug-likeness (QED) is 0.611. The van der Waals surface area contributed by atoms with Crippen LogP contribution in [0, 0.1) is 5.92 Å². The lowest BCUT2D eigenvalue weighted by Gasteiger charge is -1.96. The molecule has 1 rings (SSSR count). The van der Waals surface area contributed by atoms with Crippen molar-refractivity contribution in [2.24, 2.45) is 0 Å². The van der Waals surface area contributed by atoms with Crippen molar-refractivity contribution in [3.8, 4) is 0 Å². The Morgan fingerprint density at radius 2 is 2.10 bits per heavy atom. The second-order valence-electron chi connectivity index (χ2n) is 2.62. The normalized spacial score (nSPS) is 10.8. The first-order chi connectivity index (χ1) is 4.74. The molecule has 0 aromatic carbocycles. The monoisotopic (exact) mass is 137 g/mol. The van der Waals surface area contributed by atoms with E-state index in [0.29, 0.717) is 0 Å². The van der Waals surface area contributed by atoms with Crippen LogP contribution in [-0.2, 0) is 6.42 Å². The van der Waals surface area contributed by atoms with Crippen LogP contribution in [0.15, 0.2) is 16.5 Å². The molecule has 0 aliphatic rings. The molecule has 0 atom stereocenters. The standard InChI is InChI=1S/C9H13O/c1-4-8-5-6-9(10-8)7(2)3/h5-6H,4H2,1-3H3. The number of hydrogen-bond acceptors (Lipinski definition) is 1. The molecule has 10 heavy (non-hydrogen) atoms. The molecule has 0 spiro atoms. The van der Waals surface area contributed by atoms with Gasteiger partial charge in [0.15, 0.2) is 0 Å². The smallest absolute Gasteiger partial charge is 0.110 e. The van der Waals surface area contributed by atoms with Crippen LogP contribution in [0.1, 0.15) is 32.3 Å². The van der Waals surface area contributed by atoms with Crippen LogP contribution in [0.5, 0.6) is 0 Å². The predicted molar refractivity (Wildman–Crippen MR) is 41.8 cm³/mol. The van der Waals surface area contributed by atoms with Crippen LogP contribution >= 0.6 is 0 Å². The Kier molecular flexibility index (Phi) is 2.15. The highest BCUT2D eigenvalue weighted by atomic mass is 16.3. The van der Waals surface area contributed by atoms with Gasteiger partial charge in [0.25, 0.3) is 0 Å². The molecule has 1 radical (unpaired) electrons. The molecule has 0 aliphatic carbocycles. The van der Waals surface area contributed by atoms with Gasteiger partial charge in [-0.3, -0.25) is 0 Å². The van der Waals surface area contributed by atoms with E-state index in [1.54, 1.807) is 0 Å². The first-order valence-electron chi connectivity index (χ1n) is 3.63. The third-order valence-corrected chi connectivity index (χ3v) is 1.50. The molecule has 1 heteroatoms. The summed E-state index contributed by atoms with van der Waals surface area (Å²) in [5, 5.41) is 0. The molecule has 55 valence electrons. The Labute approximate surface area is 62.1 Å². The van der Waals surface area contributed by atoms with Crippen LogP contribution in [0.4, 0.5) is 0 Å². The highest BCUT2D eigenvalue weighted by Crippen LogP contribution is 2.16. The van der Waals surface area contributed by atoms with Crippen molar-refractivity contribution in [2.45, 2.75) is 27.2 Å². The third-order valence-electron chi connectivity index (χ3n) is 1.50. The maximum atomic E-state index is 5.46. The van der Waals surface area contributed by atoms with Crippen LogP contribution in [0.25, 0.3) is 0 Å². The molecule has 0 saturated carbocycles. The molecule has 0 saturated heterocycles. The van der Waals surface area contributed by atoms with Gasteiger partial charge in [-0.15, -0.1) is 0 Å². The van der Waals surface area contributed by atoms with Crippen LogP contribution in [-0.4, -0.2) is 0 Å². The average molecular weight is 137 g/mol. The number of rotatable bonds is 2. The maximum absolute atomic E-state index is 5.46. The summed E-state index contributed by atoms with van der Waals surface area (Å²) in [5.74, 6) is 3.31. The van der Waals surface area contributed by atoms with Gasteiger partial charge in [-0.25, -0.2) is 0 Å². The lowest BCUT2D eigenvalue weighted by Crippen LogP contribution is -1.82. The summed E-state index contributed by atoms with van der Waals surface area (Å²) < 4.78 is 5.46. The van der Waals surface area contributed by atoms with Gasteiger partial charge in [-0.05, 0) is 12.1 Å². The second-order valence-corrected chi connectivity index (χ2v) is 2.62. The van der Waals surface area contributed by atoms with Gasteiger partial charge in [-0.2, -0.15) is 0 Å². The predicted octanol–water partition coefficient (Wildman–Crippen LogP) is 2.80. The Bertz CT molecular complexity index is 198. The highest BCUT2D eigenvalue weighted by Gasteiger charge is 2.03. The van der Waals surface area contributed by atoms with Crippen molar-refractivity contribution in [1.29, 1.82) is 0 Å². The summed E-state index contributed by atoms with van der Waals surface area (Å²) in [6.07, 6.45) is 0.979. The molecule has 1 nitrogen and oxygen atoms in total. The fraction of sp³-hybridized carbons (Fsp3) is 0.444. The second kappa shape index (κ2) is 2.91. The Hall–Kier alpha value is -0.720. The van der Waals surface area contributed by atoms with Crippen molar-refractivity contribution in [3.05, 3.63) is 29.6 Å². The van der Waals surface area contributed by atoms with E-state index in [9.17, 15) is 0 Å². The van der Waals surface area contributed by atoms with Gasteiger partial charge in [0.1, 0.15) is 11.5 Å². The number of hydrogen-bond donors (Lipinski definition) is 0. The van der Waals surface area contributed by atoms with E-state index in [2.05, 4.69) is 20.8 Å². The minimum Gasteiger partial charge on any atom is -0.466 e.